The monoisotopic (exact) mass is 850 g/mol. The topological polar surface area (TPSA) is 164 Å². The summed E-state index contributed by atoms with van der Waals surface area (Å²) in [5, 5.41) is 10.0. The van der Waals surface area contributed by atoms with Gasteiger partial charge in [0.25, 0.3) is 23.3 Å². The second-order valence-electron chi connectivity index (χ2n) is 16.8. The van der Waals surface area contributed by atoms with Gasteiger partial charge in [-0.25, -0.2) is 27.8 Å². The van der Waals surface area contributed by atoms with Gasteiger partial charge in [0.05, 0.1) is 35.4 Å². The molecule has 2 saturated heterocycles. The molecule has 0 bridgehead atoms. The van der Waals surface area contributed by atoms with Crippen LogP contribution in [0.25, 0.3) is 5.69 Å². The van der Waals surface area contributed by atoms with E-state index in [4.69, 9.17) is 15.9 Å². The van der Waals surface area contributed by atoms with Gasteiger partial charge in [-0.15, -0.1) is 6.42 Å². The third kappa shape index (κ3) is 5.65. The van der Waals surface area contributed by atoms with Crippen LogP contribution in [0.2, 0.25) is 0 Å². The van der Waals surface area contributed by atoms with Gasteiger partial charge >= 0.3 is 17.9 Å². The fourth-order valence-corrected chi connectivity index (χ4v) is 9.70. The minimum atomic E-state index is -5.05. The van der Waals surface area contributed by atoms with Gasteiger partial charge in [0.15, 0.2) is 22.8 Å². The number of terminal acetylenes is 1. The molecular weight excluding hydrogens is 815 g/mol. The summed E-state index contributed by atoms with van der Waals surface area (Å²) in [6.07, 6.45) is 1.30. The Balaban J connectivity index is 0.929. The van der Waals surface area contributed by atoms with Crippen molar-refractivity contribution in [2.24, 2.45) is 17.8 Å². The van der Waals surface area contributed by atoms with Crippen LogP contribution in [0, 0.1) is 41.7 Å². The molecule has 5 heterocycles. The smallest absolute Gasteiger partial charge is 0.431 e. The zero-order valence-corrected chi connectivity index (χ0v) is 32.2. The van der Waals surface area contributed by atoms with Crippen molar-refractivity contribution in [3.8, 4) is 29.5 Å². The molecule has 4 aliphatic heterocycles. The van der Waals surface area contributed by atoms with Crippen molar-refractivity contribution in [1.29, 1.82) is 0 Å². The van der Waals surface area contributed by atoms with Gasteiger partial charge < -0.3 is 24.4 Å². The van der Waals surface area contributed by atoms with Crippen LogP contribution in [0.5, 0.6) is 11.5 Å². The average Bonchev–Trinajstić information content (AvgIpc) is 4.15. The maximum absolute atomic E-state index is 16.0. The van der Waals surface area contributed by atoms with E-state index in [2.05, 4.69) is 5.92 Å². The number of amides is 5. The molecule has 5 amide bonds. The third-order valence-electron chi connectivity index (χ3n) is 12.9. The van der Waals surface area contributed by atoms with Crippen molar-refractivity contribution in [2.45, 2.75) is 81.5 Å². The second-order valence-corrected chi connectivity index (χ2v) is 16.8. The van der Waals surface area contributed by atoms with Crippen molar-refractivity contribution < 1.29 is 55.7 Å². The molecule has 6 unspecified atom stereocenters. The molecule has 2 spiro atoms. The quantitative estimate of drug-likeness (QED) is 0.204. The summed E-state index contributed by atoms with van der Waals surface area (Å²) in [7, 11) is 0. The van der Waals surface area contributed by atoms with E-state index < -0.39 is 94.1 Å². The lowest BCUT2D eigenvalue weighted by Gasteiger charge is -2.36. The number of halogens is 5. The third-order valence-corrected chi connectivity index (χ3v) is 12.9. The van der Waals surface area contributed by atoms with Crippen LogP contribution in [0.1, 0.15) is 51.1 Å². The molecular formula is C41H35F5N6O9. The first-order chi connectivity index (χ1) is 28.9. The second kappa shape index (κ2) is 12.9. The van der Waals surface area contributed by atoms with Crippen LogP contribution in [0.15, 0.2) is 39.9 Å². The highest BCUT2D eigenvalue weighted by Gasteiger charge is 2.72. The van der Waals surface area contributed by atoms with Crippen LogP contribution in [0.3, 0.4) is 0 Å². The van der Waals surface area contributed by atoms with Gasteiger partial charge in [-0.3, -0.25) is 28.6 Å². The fraction of sp³-hybridized carbons (Fsp3) is 0.463. The fourth-order valence-electron chi connectivity index (χ4n) is 9.70. The molecule has 20 heteroatoms. The van der Waals surface area contributed by atoms with E-state index in [1.54, 1.807) is 0 Å². The molecule has 2 aromatic carbocycles. The van der Waals surface area contributed by atoms with Crippen LogP contribution in [-0.4, -0.2) is 85.9 Å². The molecule has 15 nitrogen and oxygen atoms in total. The first kappa shape index (κ1) is 38.9. The van der Waals surface area contributed by atoms with E-state index in [0.717, 1.165) is 23.1 Å². The number of benzene rings is 2. The Bertz CT molecular complexity index is 2660. The molecule has 10 rings (SSSR count). The Morgan fingerprint density at radius 2 is 1.56 bits per heavy atom. The summed E-state index contributed by atoms with van der Waals surface area (Å²) in [5.41, 5.74) is -8.06. The lowest BCUT2D eigenvalue weighted by atomic mass is 10.1. The molecule has 7 aliphatic rings. The van der Waals surface area contributed by atoms with Crippen LogP contribution < -0.4 is 35.4 Å². The number of nitrogens with zero attached hydrogens (tertiary/aromatic N) is 6. The van der Waals surface area contributed by atoms with E-state index >= 15 is 8.78 Å². The highest BCUT2D eigenvalue weighted by Crippen LogP contribution is 2.65. The van der Waals surface area contributed by atoms with E-state index in [1.165, 1.54) is 22.8 Å². The molecule has 61 heavy (non-hydrogen) atoms. The highest BCUT2D eigenvalue weighted by molar-refractivity contribution is 6.22. The molecule has 3 aromatic rings. The van der Waals surface area contributed by atoms with Crippen LogP contribution in [0.4, 0.5) is 43.8 Å². The number of aromatic nitrogens is 2. The molecule has 1 aromatic heterocycles. The number of aliphatic hydroxyl groups excluding tert-OH is 1. The summed E-state index contributed by atoms with van der Waals surface area (Å²) in [4.78, 5) is 85.7. The minimum absolute atomic E-state index is 0.00927. The molecule has 3 saturated carbocycles. The zero-order chi connectivity index (χ0) is 43.2. The number of hydrogen-bond donors (Lipinski definition) is 1. The van der Waals surface area contributed by atoms with E-state index in [9.17, 15) is 47.0 Å². The van der Waals surface area contributed by atoms with Gasteiger partial charge in [-0.05, 0) is 36.8 Å². The summed E-state index contributed by atoms with van der Waals surface area (Å²) in [6.45, 7) is 0.785. The standard InChI is InChI=1S/C41H35F5N6O9/c1-3-7-47-27-13-25(51-33(54)15-32(41(44,45)46)48(8-4-2)37(51)58)23(42)12-31(27)61-40(36(47)57)16-22(40)21-9-19(21)17-49-28-14-26(24(43)11-30(28)60-39(5-6-39)35(49)56)52-34(55)29-10-20(53)18-50(29)38(52)59/h1,11-15,19-22,29,53H,4-10,16-18H2,2H3. The molecule has 0 radical (unpaired) electrons. The van der Waals surface area contributed by atoms with Crippen LogP contribution in [-0.2, 0) is 27.1 Å². The normalized spacial score (nSPS) is 27.9. The lowest BCUT2D eigenvalue weighted by molar-refractivity contribution is -0.144. The lowest BCUT2D eigenvalue weighted by Crippen LogP contribution is -2.50. The Morgan fingerprint density at radius 1 is 0.885 bits per heavy atom. The Kier molecular flexibility index (Phi) is 8.23. The summed E-state index contributed by atoms with van der Waals surface area (Å²) < 4.78 is 85.9. The van der Waals surface area contributed by atoms with Crippen molar-refractivity contribution >= 4 is 40.8 Å². The Labute approximate surface area is 341 Å². The number of urea groups is 1. The SMILES string of the molecule is C#CCN1C(=O)C2(CC2C2CC2CN2C(=O)C3(CC3)Oc3cc(F)c(N4C(=O)C5CC(O)CN5C4=O)cc32)Oc2cc(F)c(-n3c(=O)cc(C(F)(F)F)n(CCC)c3=O)cc21. The van der Waals surface area contributed by atoms with Crippen molar-refractivity contribution in [2.75, 3.05) is 34.3 Å². The van der Waals surface area contributed by atoms with Gasteiger partial charge in [0.2, 0.25) is 0 Å². The van der Waals surface area contributed by atoms with Crippen molar-refractivity contribution in [3.63, 3.8) is 0 Å². The van der Waals surface area contributed by atoms with E-state index in [0.29, 0.717) is 28.7 Å². The molecule has 318 valence electrons. The maximum atomic E-state index is 16.0. The van der Waals surface area contributed by atoms with Gasteiger partial charge in [0.1, 0.15) is 23.2 Å². The van der Waals surface area contributed by atoms with Gasteiger partial charge in [0, 0.05) is 69.4 Å². The number of rotatable bonds is 8. The number of aliphatic hydroxyl groups is 1. The Morgan fingerprint density at radius 3 is 2.21 bits per heavy atom. The average molecular weight is 851 g/mol. The zero-order valence-electron chi connectivity index (χ0n) is 32.2. The number of carbonyl (C=O) groups is 4. The maximum Gasteiger partial charge on any atom is 0.431 e. The van der Waals surface area contributed by atoms with Crippen LogP contribution >= 0.6 is 0 Å². The van der Waals surface area contributed by atoms with Crippen molar-refractivity contribution in [1.82, 2.24) is 14.0 Å². The van der Waals surface area contributed by atoms with E-state index in [-0.39, 0.29) is 95.8 Å². The number of hydrogen-bond acceptors (Lipinski definition) is 9. The predicted molar refractivity (Wildman–Crippen MR) is 201 cm³/mol. The number of anilines is 3. The summed E-state index contributed by atoms with van der Waals surface area (Å²) in [6, 6.07) is 2.59. The molecule has 6 atom stereocenters. The number of carbonyl (C=O) groups excluding carboxylic acids is 4. The molecule has 1 N–H and O–H groups in total. The number of alkyl halides is 3. The van der Waals surface area contributed by atoms with Gasteiger partial charge in [-0.2, -0.15) is 13.2 Å². The minimum Gasteiger partial charge on any atom is -0.475 e. The Hall–Kier alpha value is -6.23. The highest BCUT2D eigenvalue weighted by atomic mass is 19.4. The summed E-state index contributed by atoms with van der Waals surface area (Å²) >= 11 is 0. The number of imide groups is 1. The first-order valence-electron chi connectivity index (χ1n) is 19.8. The predicted octanol–water partition coefficient (Wildman–Crippen LogP) is 3.32. The number of fused-ring (bicyclic) bond motifs is 3. The largest absolute Gasteiger partial charge is 0.475 e. The summed E-state index contributed by atoms with van der Waals surface area (Å²) in [5.74, 6) is -2.31. The van der Waals surface area contributed by atoms with Crippen molar-refractivity contribution in [3.05, 3.63) is 68.5 Å². The first-order valence-corrected chi connectivity index (χ1v) is 19.8. The number of ether oxygens (including phenoxy) is 2. The molecule has 3 aliphatic carbocycles. The van der Waals surface area contributed by atoms with E-state index in [1.807, 2.05) is 0 Å². The van der Waals surface area contributed by atoms with Gasteiger partial charge in [-0.1, -0.05) is 12.8 Å². The molecule has 5 fully saturated rings.